The van der Waals surface area contributed by atoms with Gasteiger partial charge in [0, 0.05) is 24.9 Å². The second-order valence-corrected chi connectivity index (χ2v) is 7.73. The predicted molar refractivity (Wildman–Crippen MR) is 95.2 cm³/mol. The van der Waals surface area contributed by atoms with Crippen LogP contribution in [-0.4, -0.2) is 47.5 Å². The van der Waals surface area contributed by atoms with Crippen LogP contribution in [0.2, 0.25) is 0 Å². The minimum atomic E-state index is -0.631. The van der Waals surface area contributed by atoms with Gasteiger partial charge in [-0.2, -0.15) is 0 Å². The van der Waals surface area contributed by atoms with E-state index in [0.29, 0.717) is 13.0 Å². The van der Waals surface area contributed by atoms with Gasteiger partial charge in [0.15, 0.2) is 0 Å². The van der Waals surface area contributed by atoms with Gasteiger partial charge in [-0.25, -0.2) is 4.79 Å². The first kappa shape index (κ1) is 21.5. The molecule has 0 aliphatic heterocycles. The summed E-state index contributed by atoms with van der Waals surface area (Å²) in [6.07, 6.45) is 4.00. The lowest BCUT2D eigenvalue weighted by Crippen LogP contribution is -2.44. The normalized spacial score (nSPS) is 16.4. The van der Waals surface area contributed by atoms with Crippen LogP contribution in [0.4, 0.5) is 4.79 Å². The van der Waals surface area contributed by atoms with Crippen molar-refractivity contribution in [2.24, 2.45) is 5.92 Å². The molecule has 1 atom stereocenters. The number of hydrogen-bond donors (Lipinski definition) is 0. The predicted octanol–water partition coefficient (Wildman–Crippen LogP) is 3.71. The van der Waals surface area contributed by atoms with Crippen LogP contribution in [0, 0.1) is 5.92 Å². The summed E-state index contributed by atoms with van der Waals surface area (Å²) in [5.41, 5.74) is -0.631. The maximum absolute atomic E-state index is 12.5. The lowest BCUT2D eigenvalue weighted by atomic mass is 10.00. The molecular weight excluding hydrogens is 322 g/mol. The maximum Gasteiger partial charge on any atom is 0.410 e. The fourth-order valence-corrected chi connectivity index (χ4v) is 3.07. The van der Waals surface area contributed by atoms with Crippen molar-refractivity contribution in [2.45, 2.75) is 84.8 Å². The third-order valence-corrected chi connectivity index (χ3v) is 4.34. The first-order valence-electron chi connectivity index (χ1n) is 9.32. The van der Waals surface area contributed by atoms with E-state index in [-0.39, 0.29) is 36.7 Å². The minimum Gasteiger partial charge on any atom is -0.466 e. The molecule has 0 unspecified atom stereocenters. The van der Waals surface area contributed by atoms with Crippen molar-refractivity contribution in [1.82, 2.24) is 4.90 Å². The number of hydrogen-bond acceptors (Lipinski definition) is 5. The Balaban J connectivity index is 2.70. The van der Waals surface area contributed by atoms with Gasteiger partial charge in [0.05, 0.1) is 13.0 Å². The highest BCUT2D eigenvalue weighted by molar-refractivity contribution is 5.82. The maximum atomic E-state index is 12.5. The Kier molecular flexibility index (Phi) is 8.39. The molecule has 1 fully saturated rings. The molecule has 0 saturated heterocycles. The van der Waals surface area contributed by atoms with Crippen LogP contribution < -0.4 is 0 Å². The van der Waals surface area contributed by atoms with Gasteiger partial charge in [-0.05, 0) is 47.5 Å². The standard InChI is InChI=1S/C19H33NO5/c1-6-24-17(22)13-14(2)20(18(23)25-19(3,4)5)12-11-16(21)15-9-7-8-10-15/h14-15H,6-13H2,1-5H3/t14-/m0/s1. The second kappa shape index (κ2) is 9.78. The zero-order chi connectivity index (χ0) is 19.0. The summed E-state index contributed by atoms with van der Waals surface area (Å²) >= 11 is 0. The molecule has 0 N–H and O–H groups in total. The molecule has 0 heterocycles. The lowest BCUT2D eigenvalue weighted by Gasteiger charge is -2.31. The summed E-state index contributed by atoms with van der Waals surface area (Å²) in [6, 6.07) is -0.384. The molecule has 1 aliphatic rings. The van der Waals surface area contributed by atoms with E-state index in [1.54, 1.807) is 34.6 Å². The molecule has 1 saturated carbocycles. The van der Waals surface area contributed by atoms with Crippen molar-refractivity contribution in [3.8, 4) is 0 Å². The molecule has 0 bridgehead atoms. The van der Waals surface area contributed by atoms with Crippen LogP contribution >= 0.6 is 0 Å². The van der Waals surface area contributed by atoms with E-state index in [1.807, 2.05) is 0 Å². The molecule has 1 aliphatic carbocycles. The molecule has 1 amide bonds. The number of ketones is 1. The molecular formula is C19H33NO5. The fraction of sp³-hybridized carbons (Fsp3) is 0.842. The van der Waals surface area contributed by atoms with E-state index in [9.17, 15) is 14.4 Å². The van der Waals surface area contributed by atoms with Crippen molar-refractivity contribution in [1.29, 1.82) is 0 Å². The Hall–Kier alpha value is -1.59. The van der Waals surface area contributed by atoms with E-state index in [4.69, 9.17) is 9.47 Å². The summed E-state index contributed by atoms with van der Waals surface area (Å²) in [6.45, 7) is 9.48. The van der Waals surface area contributed by atoms with Crippen LogP contribution in [0.5, 0.6) is 0 Å². The average Bonchev–Trinajstić information content (AvgIpc) is 2.99. The van der Waals surface area contributed by atoms with Gasteiger partial charge in [-0.15, -0.1) is 0 Å². The lowest BCUT2D eigenvalue weighted by molar-refractivity contribution is -0.144. The van der Waals surface area contributed by atoms with Crippen LogP contribution in [0.3, 0.4) is 0 Å². The monoisotopic (exact) mass is 355 g/mol. The number of Topliss-reactive ketones (excluding diaryl/α,β-unsaturated/α-hetero) is 1. The molecule has 6 heteroatoms. The molecule has 6 nitrogen and oxygen atoms in total. The van der Waals surface area contributed by atoms with Crippen molar-refractivity contribution in [2.75, 3.05) is 13.2 Å². The number of nitrogens with zero attached hydrogens (tertiary/aromatic N) is 1. The van der Waals surface area contributed by atoms with Crippen LogP contribution in [0.25, 0.3) is 0 Å². The second-order valence-electron chi connectivity index (χ2n) is 7.73. The molecule has 0 radical (unpaired) electrons. The Bertz CT molecular complexity index is 463. The SMILES string of the molecule is CCOC(=O)C[C@H](C)N(CCC(=O)C1CCCC1)C(=O)OC(C)(C)C. The summed E-state index contributed by atoms with van der Waals surface area (Å²) in [4.78, 5) is 38.1. The van der Waals surface area contributed by atoms with Crippen LogP contribution in [-0.2, 0) is 19.1 Å². The van der Waals surface area contributed by atoms with Crippen molar-refractivity contribution < 1.29 is 23.9 Å². The first-order valence-corrected chi connectivity index (χ1v) is 9.32. The molecule has 0 aromatic rings. The van der Waals surface area contributed by atoms with Gasteiger partial charge in [-0.3, -0.25) is 9.59 Å². The highest BCUT2D eigenvalue weighted by Gasteiger charge is 2.29. The highest BCUT2D eigenvalue weighted by Crippen LogP contribution is 2.26. The quantitative estimate of drug-likeness (QED) is 0.621. The van der Waals surface area contributed by atoms with Crippen molar-refractivity contribution in [3.63, 3.8) is 0 Å². The molecule has 25 heavy (non-hydrogen) atoms. The van der Waals surface area contributed by atoms with Crippen molar-refractivity contribution in [3.05, 3.63) is 0 Å². The van der Waals surface area contributed by atoms with Crippen molar-refractivity contribution >= 4 is 17.8 Å². The Morgan fingerprint density at radius 3 is 2.28 bits per heavy atom. The Morgan fingerprint density at radius 1 is 1.16 bits per heavy atom. The Morgan fingerprint density at radius 2 is 1.76 bits per heavy atom. The molecule has 0 aromatic carbocycles. The van der Waals surface area contributed by atoms with Crippen LogP contribution in [0.15, 0.2) is 0 Å². The average molecular weight is 355 g/mol. The molecule has 0 aromatic heterocycles. The van der Waals surface area contributed by atoms with E-state index < -0.39 is 11.7 Å². The Labute approximate surface area is 151 Å². The van der Waals surface area contributed by atoms with E-state index in [1.165, 1.54) is 4.90 Å². The molecule has 0 spiro atoms. The number of amides is 1. The van der Waals surface area contributed by atoms with E-state index in [0.717, 1.165) is 25.7 Å². The zero-order valence-corrected chi connectivity index (χ0v) is 16.3. The molecule has 1 rings (SSSR count). The number of carbonyl (C=O) groups excluding carboxylic acids is 3. The first-order chi connectivity index (χ1) is 11.6. The summed E-state index contributed by atoms with van der Waals surface area (Å²) < 4.78 is 10.4. The smallest absolute Gasteiger partial charge is 0.410 e. The zero-order valence-electron chi connectivity index (χ0n) is 16.3. The van der Waals surface area contributed by atoms with Gasteiger partial charge >= 0.3 is 12.1 Å². The van der Waals surface area contributed by atoms with E-state index in [2.05, 4.69) is 0 Å². The third kappa shape index (κ3) is 7.88. The van der Waals surface area contributed by atoms with Gasteiger partial charge < -0.3 is 14.4 Å². The van der Waals surface area contributed by atoms with Gasteiger partial charge in [-0.1, -0.05) is 12.8 Å². The molecule has 144 valence electrons. The fourth-order valence-electron chi connectivity index (χ4n) is 3.07. The number of carbonyl (C=O) groups is 3. The summed E-state index contributed by atoms with van der Waals surface area (Å²) in [5.74, 6) is -0.0269. The topological polar surface area (TPSA) is 72.9 Å². The number of ether oxygens (including phenoxy) is 2. The van der Waals surface area contributed by atoms with Crippen LogP contribution in [0.1, 0.15) is 73.1 Å². The van der Waals surface area contributed by atoms with Gasteiger partial charge in [0.25, 0.3) is 0 Å². The summed E-state index contributed by atoms with van der Waals surface area (Å²) in [7, 11) is 0. The summed E-state index contributed by atoms with van der Waals surface area (Å²) in [5, 5.41) is 0. The largest absolute Gasteiger partial charge is 0.466 e. The van der Waals surface area contributed by atoms with Gasteiger partial charge in [0.1, 0.15) is 11.4 Å². The van der Waals surface area contributed by atoms with E-state index >= 15 is 0 Å². The third-order valence-electron chi connectivity index (χ3n) is 4.34. The highest BCUT2D eigenvalue weighted by atomic mass is 16.6. The number of rotatable bonds is 8. The van der Waals surface area contributed by atoms with Gasteiger partial charge in [0.2, 0.25) is 0 Å². The number of esters is 1. The minimum absolute atomic E-state index is 0.0880.